The molecule has 0 amide bonds. The number of nitrogens with zero attached hydrogens (tertiary/aromatic N) is 1. The third-order valence-corrected chi connectivity index (χ3v) is 3.63. The zero-order chi connectivity index (χ0) is 6.97. The summed E-state index contributed by atoms with van der Waals surface area (Å²) >= 11 is -1.86. The van der Waals surface area contributed by atoms with E-state index in [2.05, 4.69) is 4.99 Å². The van der Waals surface area contributed by atoms with Crippen molar-refractivity contribution in [3.05, 3.63) is 24.3 Å². The standard InChI is InChI=1S/C7H5NOSe/c9-10-5-8-6-3-1-2-4-7(6)10/h1-5H. The number of aliphatic imine (C=N–C) groups is 1. The van der Waals surface area contributed by atoms with Gasteiger partial charge in [-0.2, -0.15) is 0 Å². The number of hydrogen-bond acceptors (Lipinski definition) is 2. The van der Waals surface area contributed by atoms with E-state index in [0.29, 0.717) is 0 Å². The van der Waals surface area contributed by atoms with Gasteiger partial charge < -0.3 is 0 Å². The molecule has 1 unspecified atom stereocenters. The Hall–Kier alpha value is -0.791. The van der Waals surface area contributed by atoms with Gasteiger partial charge in [0, 0.05) is 0 Å². The minimum absolute atomic E-state index is 0.877. The molecule has 0 bridgehead atoms. The zero-order valence-corrected chi connectivity index (χ0v) is 6.86. The second-order valence-corrected chi connectivity index (χ2v) is 4.61. The molecule has 1 atom stereocenters. The van der Waals surface area contributed by atoms with Crippen LogP contribution in [-0.2, 0) is 3.83 Å². The Bertz CT molecular complexity index is 319. The van der Waals surface area contributed by atoms with E-state index in [0.717, 1.165) is 10.1 Å². The van der Waals surface area contributed by atoms with E-state index in [1.54, 1.807) is 5.11 Å². The summed E-state index contributed by atoms with van der Waals surface area (Å²) in [7, 11) is 0. The van der Waals surface area contributed by atoms with Gasteiger partial charge in [-0.25, -0.2) is 0 Å². The van der Waals surface area contributed by atoms with Gasteiger partial charge >= 0.3 is 62.2 Å². The molecule has 0 N–H and O–H groups in total. The zero-order valence-electron chi connectivity index (χ0n) is 5.15. The molecule has 1 aromatic rings. The number of hydrogen-bond donors (Lipinski definition) is 0. The Morgan fingerprint density at radius 1 is 1.30 bits per heavy atom. The van der Waals surface area contributed by atoms with Gasteiger partial charge in [-0.3, -0.25) is 0 Å². The second-order valence-electron chi connectivity index (χ2n) is 2.00. The van der Waals surface area contributed by atoms with Crippen molar-refractivity contribution in [1.29, 1.82) is 0 Å². The average Bonchev–Trinajstić information content (AvgIpc) is 2.34. The molecule has 1 aromatic carbocycles. The third-order valence-electron chi connectivity index (χ3n) is 1.37. The topological polar surface area (TPSA) is 29.4 Å². The third kappa shape index (κ3) is 0.753. The van der Waals surface area contributed by atoms with Crippen molar-refractivity contribution in [2.45, 2.75) is 0 Å². The Balaban J connectivity index is 2.70. The van der Waals surface area contributed by atoms with Crippen LogP contribution < -0.4 is 4.46 Å². The normalized spacial score (nSPS) is 21.0. The van der Waals surface area contributed by atoms with Crippen LogP contribution in [0.2, 0.25) is 0 Å². The summed E-state index contributed by atoms with van der Waals surface area (Å²) in [6, 6.07) is 7.55. The van der Waals surface area contributed by atoms with E-state index in [9.17, 15) is 3.83 Å². The summed E-state index contributed by atoms with van der Waals surface area (Å²) in [5.41, 5.74) is 0.877. The van der Waals surface area contributed by atoms with E-state index >= 15 is 0 Å². The number of rotatable bonds is 0. The van der Waals surface area contributed by atoms with E-state index in [4.69, 9.17) is 0 Å². The van der Waals surface area contributed by atoms with Crippen molar-refractivity contribution in [3.8, 4) is 0 Å². The van der Waals surface area contributed by atoms with Crippen molar-refractivity contribution in [2.24, 2.45) is 4.99 Å². The van der Waals surface area contributed by atoms with Crippen LogP contribution in [0.5, 0.6) is 0 Å². The molecule has 0 aliphatic carbocycles. The van der Waals surface area contributed by atoms with Crippen molar-refractivity contribution >= 4 is 29.1 Å². The van der Waals surface area contributed by atoms with E-state index in [-0.39, 0.29) is 0 Å². The molecule has 1 heterocycles. The van der Waals surface area contributed by atoms with Crippen LogP contribution in [0, 0.1) is 0 Å². The molecule has 1 aliphatic rings. The molecule has 0 saturated carbocycles. The predicted molar refractivity (Wildman–Crippen MR) is 40.7 cm³/mol. The molecular weight excluding hydrogens is 193 g/mol. The monoisotopic (exact) mass is 199 g/mol. The van der Waals surface area contributed by atoms with Crippen molar-refractivity contribution in [3.63, 3.8) is 0 Å². The first-order chi connectivity index (χ1) is 4.88. The SMILES string of the molecule is O=[Se]1C=Nc2ccccc21. The molecular formula is C7H5NOSe. The fraction of sp³-hybridized carbons (Fsp3) is 0. The van der Waals surface area contributed by atoms with Crippen LogP contribution in [0.25, 0.3) is 0 Å². The maximum atomic E-state index is 11.1. The van der Waals surface area contributed by atoms with Gasteiger partial charge in [-0.05, 0) is 0 Å². The average molecular weight is 198 g/mol. The molecule has 1 aliphatic heterocycles. The van der Waals surface area contributed by atoms with Gasteiger partial charge in [0.05, 0.1) is 0 Å². The fourth-order valence-electron chi connectivity index (χ4n) is 0.895. The quantitative estimate of drug-likeness (QED) is 0.560. The molecule has 2 rings (SSSR count). The van der Waals surface area contributed by atoms with E-state index < -0.39 is 13.8 Å². The molecule has 3 heteroatoms. The number of para-hydroxylation sites is 1. The fourth-order valence-corrected chi connectivity index (χ4v) is 2.70. The van der Waals surface area contributed by atoms with Crippen LogP contribution in [0.4, 0.5) is 5.69 Å². The Morgan fingerprint density at radius 2 is 2.10 bits per heavy atom. The molecule has 10 heavy (non-hydrogen) atoms. The molecule has 50 valence electrons. The molecule has 0 aromatic heterocycles. The summed E-state index contributed by atoms with van der Waals surface area (Å²) in [4.78, 5) is 4.00. The van der Waals surface area contributed by atoms with Crippen LogP contribution in [0.15, 0.2) is 29.3 Å². The molecule has 0 fully saturated rings. The van der Waals surface area contributed by atoms with Crippen molar-refractivity contribution < 1.29 is 3.83 Å². The minimum atomic E-state index is -1.86. The first-order valence-electron chi connectivity index (χ1n) is 2.92. The summed E-state index contributed by atoms with van der Waals surface area (Å²) < 4.78 is 12.0. The summed E-state index contributed by atoms with van der Waals surface area (Å²) in [5.74, 6) is 0. The first kappa shape index (κ1) is 5.95. The van der Waals surface area contributed by atoms with Gasteiger partial charge in [0.2, 0.25) is 0 Å². The number of fused-ring (bicyclic) bond motifs is 1. The molecule has 2 nitrogen and oxygen atoms in total. The van der Waals surface area contributed by atoms with Crippen molar-refractivity contribution in [1.82, 2.24) is 0 Å². The van der Waals surface area contributed by atoms with Crippen LogP contribution in [-0.4, -0.2) is 18.9 Å². The van der Waals surface area contributed by atoms with Gasteiger partial charge in [0.15, 0.2) is 0 Å². The Labute approximate surface area is 62.7 Å². The van der Waals surface area contributed by atoms with E-state index in [1.807, 2.05) is 24.3 Å². The van der Waals surface area contributed by atoms with Gasteiger partial charge in [0.1, 0.15) is 0 Å². The maximum absolute atomic E-state index is 11.1. The van der Waals surface area contributed by atoms with Crippen molar-refractivity contribution in [2.75, 3.05) is 0 Å². The van der Waals surface area contributed by atoms with E-state index in [1.165, 1.54) is 0 Å². The van der Waals surface area contributed by atoms with Crippen LogP contribution >= 0.6 is 0 Å². The van der Waals surface area contributed by atoms with Gasteiger partial charge in [0.25, 0.3) is 0 Å². The second kappa shape index (κ2) is 2.11. The number of benzene rings is 1. The first-order valence-corrected chi connectivity index (χ1v) is 5.46. The molecule has 0 saturated heterocycles. The predicted octanol–water partition coefficient (Wildman–Crippen LogP) is 0.571. The van der Waals surface area contributed by atoms with Gasteiger partial charge in [-0.15, -0.1) is 0 Å². The molecule has 0 radical (unpaired) electrons. The summed E-state index contributed by atoms with van der Waals surface area (Å²) in [6.45, 7) is 0. The van der Waals surface area contributed by atoms with Crippen LogP contribution in [0.3, 0.4) is 0 Å². The summed E-state index contributed by atoms with van der Waals surface area (Å²) in [5, 5.41) is 1.56. The molecule has 0 spiro atoms. The van der Waals surface area contributed by atoms with Crippen LogP contribution in [0.1, 0.15) is 0 Å². The summed E-state index contributed by atoms with van der Waals surface area (Å²) in [6.07, 6.45) is 0. The Morgan fingerprint density at radius 3 is 2.90 bits per heavy atom. The van der Waals surface area contributed by atoms with Gasteiger partial charge in [-0.1, -0.05) is 0 Å². The Kier molecular flexibility index (Phi) is 1.26.